The highest BCUT2D eigenvalue weighted by molar-refractivity contribution is 9.10. The highest BCUT2D eigenvalue weighted by Crippen LogP contribution is 2.33. The quantitative estimate of drug-likeness (QED) is 0.880. The Balaban J connectivity index is 2.36. The van der Waals surface area contributed by atoms with Crippen LogP contribution in [0.4, 0.5) is 8.78 Å². The van der Waals surface area contributed by atoms with Crippen molar-refractivity contribution in [2.45, 2.75) is 13.0 Å². The molecule has 1 heterocycles. The number of hydrogen-bond acceptors (Lipinski definition) is 2. The fourth-order valence-electron chi connectivity index (χ4n) is 1.46. The van der Waals surface area contributed by atoms with Gasteiger partial charge in [0.25, 0.3) is 0 Å². The number of benzene rings is 1. The summed E-state index contributed by atoms with van der Waals surface area (Å²) in [5, 5.41) is 10.0. The largest absolute Gasteiger partial charge is 0.383 e. The average Bonchev–Trinajstić information content (AvgIpc) is 2.62. The van der Waals surface area contributed by atoms with Gasteiger partial charge in [-0.05, 0) is 46.6 Å². The molecule has 0 bridgehead atoms. The van der Waals surface area contributed by atoms with Crippen LogP contribution in [0.1, 0.15) is 21.4 Å². The van der Waals surface area contributed by atoms with Crippen LogP contribution in [0.3, 0.4) is 0 Å². The van der Waals surface area contributed by atoms with Crippen LogP contribution in [-0.4, -0.2) is 5.11 Å². The number of aliphatic hydroxyl groups excluding tert-OH is 1. The Kier molecular flexibility index (Phi) is 3.61. The monoisotopic (exact) mass is 318 g/mol. The second-order valence-corrected chi connectivity index (χ2v) is 5.77. The van der Waals surface area contributed by atoms with Crippen molar-refractivity contribution in [2.75, 3.05) is 0 Å². The van der Waals surface area contributed by atoms with Gasteiger partial charge in [-0.25, -0.2) is 8.78 Å². The molecule has 17 heavy (non-hydrogen) atoms. The summed E-state index contributed by atoms with van der Waals surface area (Å²) in [6.45, 7) is 1.91. The molecule has 0 amide bonds. The summed E-state index contributed by atoms with van der Waals surface area (Å²) in [5.74, 6) is -1.86. The lowest BCUT2D eigenvalue weighted by molar-refractivity contribution is 0.223. The zero-order valence-corrected chi connectivity index (χ0v) is 11.3. The number of aryl methyl sites for hydroxylation is 1. The lowest BCUT2D eigenvalue weighted by Crippen LogP contribution is -1.98. The van der Waals surface area contributed by atoms with E-state index in [1.165, 1.54) is 17.4 Å². The molecule has 2 rings (SSSR count). The van der Waals surface area contributed by atoms with Crippen molar-refractivity contribution in [3.05, 3.63) is 55.7 Å². The van der Waals surface area contributed by atoms with Gasteiger partial charge in [0, 0.05) is 14.2 Å². The molecular weight excluding hydrogens is 310 g/mol. The summed E-state index contributed by atoms with van der Waals surface area (Å²) < 4.78 is 26.7. The van der Waals surface area contributed by atoms with Crippen LogP contribution in [0.25, 0.3) is 0 Å². The predicted molar refractivity (Wildman–Crippen MR) is 67.2 cm³/mol. The van der Waals surface area contributed by atoms with Gasteiger partial charge < -0.3 is 5.11 Å². The van der Waals surface area contributed by atoms with Gasteiger partial charge in [0.2, 0.25) is 0 Å². The van der Waals surface area contributed by atoms with Gasteiger partial charge in [-0.3, -0.25) is 0 Å². The van der Waals surface area contributed by atoms with Crippen molar-refractivity contribution in [3.8, 4) is 0 Å². The lowest BCUT2D eigenvalue weighted by atomic mass is 10.1. The molecule has 0 saturated heterocycles. The van der Waals surface area contributed by atoms with E-state index in [2.05, 4.69) is 15.9 Å². The van der Waals surface area contributed by atoms with Gasteiger partial charge in [-0.2, -0.15) is 0 Å². The molecule has 1 nitrogen and oxygen atoms in total. The maximum Gasteiger partial charge on any atom is 0.159 e. The number of halogens is 3. The van der Waals surface area contributed by atoms with Crippen molar-refractivity contribution in [2.24, 2.45) is 0 Å². The lowest BCUT2D eigenvalue weighted by Gasteiger charge is -2.08. The number of hydrogen-bond donors (Lipinski definition) is 1. The zero-order chi connectivity index (χ0) is 12.6. The zero-order valence-electron chi connectivity index (χ0n) is 8.88. The molecule has 1 aromatic carbocycles. The third-order valence-corrected chi connectivity index (χ3v) is 4.59. The number of rotatable bonds is 2. The minimum Gasteiger partial charge on any atom is -0.383 e. The van der Waals surface area contributed by atoms with Crippen molar-refractivity contribution in [1.29, 1.82) is 0 Å². The molecule has 2 aromatic rings. The molecule has 1 unspecified atom stereocenters. The van der Waals surface area contributed by atoms with Gasteiger partial charge >= 0.3 is 0 Å². The Bertz CT molecular complexity index is 534. The maximum atomic E-state index is 13.0. The SMILES string of the molecule is Cc1sc(C(O)c2ccc(F)c(F)c2)cc1Br. The van der Waals surface area contributed by atoms with E-state index in [0.717, 1.165) is 21.5 Å². The van der Waals surface area contributed by atoms with Gasteiger partial charge in [-0.1, -0.05) is 6.07 Å². The van der Waals surface area contributed by atoms with Crippen LogP contribution in [0.2, 0.25) is 0 Å². The van der Waals surface area contributed by atoms with E-state index in [1.807, 2.05) is 6.92 Å². The maximum absolute atomic E-state index is 13.0. The van der Waals surface area contributed by atoms with E-state index >= 15 is 0 Å². The Morgan fingerprint density at radius 1 is 1.24 bits per heavy atom. The smallest absolute Gasteiger partial charge is 0.159 e. The minimum atomic E-state index is -0.950. The molecule has 5 heteroatoms. The summed E-state index contributed by atoms with van der Waals surface area (Å²) in [6.07, 6.45) is -0.930. The van der Waals surface area contributed by atoms with E-state index in [-0.39, 0.29) is 0 Å². The Labute approximate surface area is 110 Å². The predicted octanol–water partition coefficient (Wildman–Crippen LogP) is 4.18. The molecule has 0 spiro atoms. The number of thiophene rings is 1. The second-order valence-electron chi connectivity index (χ2n) is 3.63. The minimum absolute atomic E-state index is 0.345. The molecule has 1 N–H and O–H groups in total. The van der Waals surface area contributed by atoms with Crippen LogP contribution in [0, 0.1) is 18.6 Å². The van der Waals surface area contributed by atoms with E-state index in [4.69, 9.17) is 0 Å². The molecule has 0 saturated carbocycles. The number of aliphatic hydroxyl groups is 1. The molecular formula is C12H9BrF2OS. The van der Waals surface area contributed by atoms with Crippen LogP contribution in [0.5, 0.6) is 0 Å². The Morgan fingerprint density at radius 2 is 1.94 bits per heavy atom. The van der Waals surface area contributed by atoms with Gasteiger partial charge in [0.1, 0.15) is 6.10 Å². The molecule has 0 aliphatic carbocycles. The van der Waals surface area contributed by atoms with Gasteiger partial charge in [0.15, 0.2) is 11.6 Å². The van der Waals surface area contributed by atoms with E-state index < -0.39 is 17.7 Å². The van der Waals surface area contributed by atoms with E-state index in [1.54, 1.807) is 6.07 Å². The van der Waals surface area contributed by atoms with Gasteiger partial charge in [-0.15, -0.1) is 11.3 Å². The first-order valence-corrected chi connectivity index (χ1v) is 6.49. The van der Waals surface area contributed by atoms with Crippen LogP contribution < -0.4 is 0 Å². The van der Waals surface area contributed by atoms with Crippen molar-refractivity contribution in [1.82, 2.24) is 0 Å². The first kappa shape index (κ1) is 12.7. The molecule has 0 aliphatic rings. The average molecular weight is 319 g/mol. The molecule has 0 radical (unpaired) electrons. The summed E-state index contributed by atoms with van der Waals surface area (Å²) in [5.41, 5.74) is 0.345. The van der Waals surface area contributed by atoms with Crippen molar-refractivity contribution >= 4 is 27.3 Å². The summed E-state index contributed by atoms with van der Waals surface area (Å²) >= 11 is 4.76. The standard InChI is InChI=1S/C12H9BrF2OS/c1-6-8(13)5-11(17-6)12(16)7-2-3-9(14)10(15)4-7/h2-5,12,16H,1H3. The van der Waals surface area contributed by atoms with Crippen molar-refractivity contribution in [3.63, 3.8) is 0 Å². The van der Waals surface area contributed by atoms with E-state index in [0.29, 0.717) is 10.4 Å². The first-order chi connectivity index (χ1) is 7.99. The molecule has 0 fully saturated rings. The Hall–Kier alpha value is -0.780. The third kappa shape index (κ3) is 2.56. The summed E-state index contributed by atoms with van der Waals surface area (Å²) in [6, 6.07) is 5.20. The van der Waals surface area contributed by atoms with E-state index in [9.17, 15) is 13.9 Å². The molecule has 90 valence electrons. The highest BCUT2D eigenvalue weighted by Gasteiger charge is 2.16. The van der Waals surface area contributed by atoms with Crippen molar-refractivity contribution < 1.29 is 13.9 Å². The highest BCUT2D eigenvalue weighted by atomic mass is 79.9. The molecule has 0 aliphatic heterocycles. The molecule has 1 aromatic heterocycles. The second kappa shape index (κ2) is 4.84. The summed E-state index contributed by atoms with van der Waals surface area (Å²) in [4.78, 5) is 1.72. The fourth-order valence-corrected chi connectivity index (χ4v) is 3.04. The third-order valence-electron chi connectivity index (χ3n) is 2.41. The first-order valence-electron chi connectivity index (χ1n) is 4.88. The topological polar surface area (TPSA) is 20.2 Å². The molecule has 1 atom stereocenters. The summed E-state index contributed by atoms with van der Waals surface area (Å²) in [7, 11) is 0. The van der Waals surface area contributed by atoms with Crippen LogP contribution >= 0.6 is 27.3 Å². The van der Waals surface area contributed by atoms with Crippen LogP contribution in [-0.2, 0) is 0 Å². The fraction of sp³-hybridized carbons (Fsp3) is 0.167. The Morgan fingerprint density at radius 3 is 2.47 bits per heavy atom. The van der Waals surface area contributed by atoms with Gasteiger partial charge in [0.05, 0.1) is 0 Å². The van der Waals surface area contributed by atoms with Crippen LogP contribution in [0.15, 0.2) is 28.7 Å². The normalized spacial score (nSPS) is 12.8.